The van der Waals surface area contributed by atoms with Crippen LogP contribution in [0, 0.1) is 0 Å². The molecule has 1 aliphatic rings. The number of hydrogen-bond acceptors (Lipinski definition) is 0. The highest BCUT2D eigenvalue weighted by atomic mass is 15.0. The summed E-state index contributed by atoms with van der Waals surface area (Å²) < 4.78 is 2.39. The van der Waals surface area contributed by atoms with Crippen molar-refractivity contribution < 1.29 is 0 Å². The lowest BCUT2D eigenvalue weighted by Gasteiger charge is -2.33. The van der Waals surface area contributed by atoms with Crippen LogP contribution >= 0.6 is 0 Å². The number of fused-ring (bicyclic) bond motifs is 6. The number of benzene rings is 5. The molecule has 0 bridgehead atoms. The van der Waals surface area contributed by atoms with Crippen LogP contribution in [0.2, 0.25) is 0 Å². The molecule has 1 heteroatoms. The molecule has 0 atom stereocenters. The summed E-state index contributed by atoms with van der Waals surface area (Å²) in [6.07, 6.45) is 17.6. The van der Waals surface area contributed by atoms with E-state index in [-0.39, 0.29) is 5.41 Å². The second-order valence-corrected chi connectivity index (χ2v) is 13.3. The van der Waals surface area contributed by atoms with Gasteiger partial charge in [-0.2, -0.15) is 0 Å². The summed E-state index contributed by atoms with van der Waals surface area (Å²) in [5.74, 6) is 0. The van der Waals surface area contributed by atoms with Crippen LogP contribution in [0.1, 0.15) is 100 Å². The van der Waals surface area contributed by atoms with Gasteiger partial charge in [-0.1, -0.05) is 168 Å². The van der Waals surface area contributed by atoms with Crippen molar-refractivity contribution in [1.82, 2.24) is 4.57 Å². The summed E-state index contributed by atoms with van der Waals surface area (Å²) in [5.41, 5.74) is 12.4. The first-order chi connectivity index (χ1) is 22.7. The predicted octanol–water partition coefficient (Wildman–Crippen LogP) is 13.2. The molecule has 46 heavy (non-hydrogen) atoms. The molecule has 0 spiro atoms. The minimum absolute atomic E-state index is 0.126. The van der Waals surface area contributed by atoms with Crippen molar-refractivity contribution in [3.05, 3.63) is 138 Å². The zero-order valence-electron chi connectivity index (χ0n) is 27.6. The molecule has 0 radical (unpaired) electrons. The van der Waals surface area contributed by atoms with Gasteiger partial charge in [0, 0.05) is 21.9 Å². The van der Waals surface area contributed by atoms with Gasteiger partial charge in [-0.15, -0.1) is 0 Å². The van der Waals surface area contributed by atoms with Crippen molar-refractivity contribution in [2.45, 2.75) is 83.5 Å². The SMILES string of the molecule is CCCCCCC1(CCCCCC)c2ccccc2-c2ccc(C=Cc3ccc(-n4c5ccccc5c5ccccc54)cc3)cc21. The normalized spacial score (nSPS) is 13.5. The lowest BCUT2D eigenvalue weighted by molar-refractivity contribution is 0.401. The van der Waals surface area contributed by atoms with E-state index in [0.29, 0.717) is 0 Å². The van der Waals surface area contributed by atoms with Crippen LogP contribution in [0.4, 0.5) is 0 Å². The molecule has 0 aliphatic heterocycles. The zero-order chi connectivity index (χ0) is 31.3. The summed E-state index contributed by atoms with van der Waals surface area (Å²) in [6, 6.07) is 43.0. The Hall–Kier alpha value is -4.36. The van der Waals surface area contributed by atoms with Gasteiger partial charge in [-0.3, -0.25) is 0 Å². The van der Waals surface area contributed by atoms with Crippen molar-refractivity contribution in [3.8, 4) is 16.8 Å². The van der Waals surface area contributed by atoms with Crippen LogP contribution in [0.15, 0.2) is 115 Å². The Labute approximate surface area is 275 Å². The van der Waals surface area contributed by atoms with E-state index in [9.17, 15) is 0 Å². The van der Waals surface area contributed by atoms with Gasteiger partial charge in [0.2, 0.25) is 0 Å². The Morgan fingerprint density at radius 2 is 1.04 bits per heavy atom. The number of nitrogens with zero attached hydrogens (tertiary/aromatic N) is 1. The van der Waals surface area contributed by atoms with Gasteiger partial charge in [0.1, 0.15) is 0 Å². The molecule has 1 heterocycles. The summed E-state index contributed by atoms with van der Waals surface area (Å²) in [5, 5.41) is 2.60. The summed E-state index contributed by atoms with van der Waals surface area (Å²) in [6.45, 7) is 4.63. The van der Waals surface area contributed by atoms with Gasteiger partial charge in [-0.25, -0.2) is 0 Å². The van der Waals surface area contributed by atoms with E-state index >= 15 is 0 Å². The van der Waals surface area contributed by atoms with Gasteiger partial charge in [0.05, 0.1) is 11.0 Å². The maximum Gasteiger partial charge on any atom is 0.0541 e. The van der Waals surface area contributed by atoms with Crippen molar-refractivity contribution in [3.63, 3.8) is 0 Å². The monoisotopic (exact) mass is 601 g/mol. The van der Waals surface area contributed by atoms with Crippen LogP contribution in [0.25, 0.3) is 50.8 Å². The molecule has 5 aromatic carbocycles. The first kappa shape index (κ1) is 30.3. The molecule has 0 N–H and O–H groups in total. The Balaban J connectivity index is 1.20. The maximum atomic E-state index is 2.53. The van der Waals surface area contributed by atoms with E-state index < -0.39 is 0 Å². The van der Waals surface area contributed by atoms with Crippen LogP contribution in [-0.2, 0) is 5.41 Å². The molecule has 0 fully saturated rings. The Kier molecular flexibility index (Phi) is 8.93. The number of rotatable bonds is 13. The average molecular weight is 602 g/mol. The molecule has 1 nitrogen and oxygen atoms in total. The minimum Gasteiger partial charge on any atom is -0.309 e. The van der Waals surface area contributed by atoms with E-state index in [4.69, 9.17) is 0 Å². The quantitative estimate of drug-likeness (QED) is 0.0916. The third-order valence-corrected chi connectivity index (χ3v) is 10.4. The molecule has 7 rings (SSSR count). The minimum atomic E-state index is 0.126. The lowest BCUT2D eigenvalue weighted by Crippen LogP contribution is -2.25. The topological polar surface area (TPSA) is 4.93 Å². The molecular formula is C45H47N. The number of hydrogen-bond donors (Lipinski definition) is 0. The highest BCUT2D eigenvalue weighted by Crippen LogP contribution is 2.54. The summed E-state index contributed by atoms with van der Waals surface area (Å²) in [4.78, 5) is 0. The third kappa shape index (κ3) is 5.62. The molecule has 1 aliphatic carbocycles. The Bertz CT molecular complexity index is 1900. The predicted molar refractivity (Wildman–Crippen MR) is 200 cm³/mol. The molecule has 0 amide bonds. The Morgan fingerprint density at radius 3 is 1.70 bits per heavy atom. The molecule has 0 unspecified atom stereocenters. The van der Waals surface area contributed by atoms with Gasteiger partial charge in [0.15, 0.2) is 0 Å². The zero-order valence-corrected chi connectivity index (χ0v) is 27.6. The summed E-state index contributed by atoms with van der Waals surface area (Å²) in [7, 11) is 0. The third-order valence-electron chi connectivity index (χ3n) is 10.4. The molecule has 232 valence electrons. The fourth-order valence-corrected chi connectivity index (χ4v) is 8.08. The molecule has 0 saturated heterocycles. The highest BCUT2D eigenvalue weighted by Gasteiger charge is 2.42. The van der Waals surface area contributed by atoms with Crippen LogP contribution < -0.4 is 0 Å². The van der Waals surface area contributed by atoms with Crippen LogP contribution in [0.3, 0.4) is 0 Å². The van der Waals surface area contributed by atoms with Crippen LogP contribution in [-0.4, -0.2) is 4.57 Å². The molecule has 1 aromatic heterocycles. The molecule has 0 saturated carbocycles. The number of para-hydroxylation sites is 2. The average Bonchev–Trinajstić information content (AvgIpc) is 3.58. The fraction of sp³-hybridized carbons (Fsp3) is 0.289. The van der Waals surface area contributed by atoms with Crippen molar-refractivity contribution in [2.75, 3.05) is 0 Å². The second-order valence-electron chi connectivity index (χ2n) is 13.3. The van der Waals surface area contributed by atoms with Gasteiger partial charge < -0.3 is 4.57 Å². The fourth-order valence-electron chi connectivity index (χ4n) is 8.08. The van der Waals surface area contributed by atoms with Gasteiger partial charge in [0.25, 0.3) is 0 Å². The van der Waals surface area contributed by atoms with Crippen molar-refractivity contribution in [1.29, 1.82) is 0 Å². The highest BCUT2D eigenvalue weighted by molar-refractivity contribution is 6.09. The van der Waals surface area contributed by atoms with E-state index in [2.05, 4.69) is 146 Å². The van der Waals surface area contributed by atoms with Crippen molar-refractivity contribution >= 4 is 34.0 Å². The first-order valence-corrected chi connectivity index (χ1v) is 17.7. The van der Waals surface area contributed by atoms with E-state index in [0.717, 1.165) is 0 Å². The van der Waals surface area contributed by atoms with E-state index in [1.807, 2.05) is 0 Å². The second kappa shape index (κ2) is 13.6. The smallest absolute Gasteiger partial charge is 0.0541 e. The number of unbranched alkanes of at least 4 members (excludes halogenated alkanes) is 6. The van der Waals surface area contributed by atoms with E-state index in [1.54, 1.807) is 11.1 Å². The Morgan fingerprint density at radius 1 is 0.500 bits per heavy atom. The van der Waals surface area contributed by atoms with Gasteiger partial charge >= 0.3 is 0 Å². The van der Waals surface area contributed by atoms with E-state index in [1.165, 1.54) is 114 Å². The molecule has 6 aromatic rings. The van der Waals surface area contributed by atoms with Gasteiger partial charge in [-0.05, 0) is 70.5 Å². The first-order valence-electron chi connectivity index (χ1n) is 17.7. The number of aromatic nitrogens is 1. The standard InChI is InChI=1S/C45H47N/c1-3-5-7-15-31-45(32-16-8-6-4-2)41-20-12-9-17-37(41)38-30-27-35(33-42(38)45)24-23-34-25-28-36(29-26-34)46-43-21-13-10-18-39(43)40-19-11-14-22-44(40)46/h9-14,17-30,33H,3-8,15-16,31-32H2,1-2H3. The van der Waals surface area contributed by atoms with Crippen LogP contribution in [0.5, 0.6) is 0 Å². The maximum absolute atomic E-state index is 2.53. The lowest BCUT2D eigenvalue weighted by atomic mass is 9.70. The van der Waals surface area contributed by atoms with Crippen molar-refractivity contribution in [2.24, 2.45) is 0 Å². The largest absolute Gasteiger partial charge is 0.309 e. The summed E-state index contributed by atoms with van der Waals surface area (Å²) >= 11 is 0. The molecular weight excluding hydrogens is 555 g/mol.